The van der Waals surface area contributed by atoms with Crippen LogP contribution in [0.1, 0.15) is 18.4 Å². The number of carbonyl (C=O) groups excluding carboxylic acids is 2. The predicted octanol–water partition coefficient (Wildman–Crippen LogP) is 1.53. The Hall–Kier alpha value is -1.84. The second-order valence-corrected chi connectivity index (χ2v) is 4.10. The third kappa shape index (κ3) is 3.06. The van der Waals surface area contributed by atoms with Crippen molar-refractivity contribution >= 4 is 17.9 Å². The van der Waals surface area contributed by atoms with Crippen LogP contribution < -0.4 is 4.90 Å². The van der Waals surface area contributed by atoms with E-state index >= 15 is 0 Å². The Morgan fingerprint density at radius 3 is 2.76 bits per heavy atom. The molecule has 90 valence electrons. The number of nitrogens with zero attached hydrogens (tertiary/aromatic N) is 1. The number of carbonyl (C=O) groups is 2. The maximum atomic E-state index is 11.2. The Kier molecular flexibility index (Phi) is 3.75. The third-order valence-corrected chi connectivity index (χ3v) is 2.91. The SMILES string of the molecule is O=COCc1cccc(N2CCC(=O)CC2)c1. The third-order valence-electron chi connectivity index (χ3n) is 2.91. The van der Waals surface area contributed by atoms with Crippen LogP contribution >= 0.6 is 0 Å². The fourth-order valence-electron chi connectivity index (χ4n) is 1.99. The number of benzene rings is 1. The van der Waals surface area contributed by atoms with Crippen LogP contribution in [0.15, 0.2) is 24.3 Å². The van der Waals surface area contributed by atoms with E-state index in [9.17, 15) is 9.59 Å². The lowest BCUT2D eigenvalue weighted by Crippen LogP contribution is -2.33. The molecule has 17 heavy (non-hydrogen) atoms. The van der Waals surface area contributed by atoms with Gasteiger partial charge >= 0.3 is 0 Å². The molecule has 0 radical (unpaired) electrons. The van der Waals surface area contributed by atoms with Crippen molar-refractivity contribution in [2.45, 2.75) is 19.4 Å². The lowest BCUT2D eigenvalue weighted by atomic mass is 10.1. The van der Waals surface area contributed by atoms with Crippen LogP contribution in [0.4, 0.5) is 5.69 Å². The molecule has 0 saturated carbocycles. The summed E-state index contributed by atoms with van der Waals surface area (Å²) in [6.45, 7) is 2.30. The van der Waals surface area contributed by atoms with Gasteiger partial charge in [0, 0.05) is 31.6 Å². The normalized spacial score (nSPS) is 15.8. The largest absolute Gasteiger partial charge is 0.463 e. The number of anilines is 1. The van der Waals surface area contributed by atoms with Gasteiger partial charge in [0.25, 0.3) is 6.47 Å². The lowest BCUT2D eigenvalue weighted by molar-refractivity contribution is -0.129. The monoisotopic (exact) mass is 233 g/mol. The standard InChI is InChI=1S/C13H15NO3/c15-10-17-9-11-2-1-3-12(8-11)14-6-4-13(16)5-7-14/h1-3,8,10H,4-7,9H2. The van der Waals surface area contributed by atoms with Crippen molar-refractivity contribution in [3.05, 3.63) is 29.8 Å². The van der Waals surface area contributed by atoms with Gasteiger partial charge < -0.3 is 9.64 Å². The second-order valence-electron chi connectivity index (χ2n) is 4.10. The molecule has 1 aromatic rings. The van der Waals surface area contributed by atoms with Crippen molar-refractivity contribution in [1.82, 2.24) is 0 Å². The van der Waals surface area contributed by atoms with Gasteiger partial charge in [-0.3, -0.25) is 9.59 Å². The molecule has 0 spiro atoms. The van der Waals surface area contributed by atoms with Gasteiger partial charge in [0.15, 0.2) is 0 Å². The van der Waals surface area contributed by atoms with Crippen molar-refractivity contribution in [2.75, 3.05) is 18.0 Å². The van der Waals surface area contributed by atoms with Crippen LogP contribution in [-0.2, 0) is 20.9 Å². The molecule has 0 bridgehead atoms. The molecule has 4 nitrogen and oxygen atoms in total. The molecule has 4 heteroatoms. The first-order valence-corrected chi connectivity index (χ1v) is 5.70. The van der Waals surface area contributed by atoms with E-state index in [1.807, 2.05) is 24.3 Å². The van der Waals surface area contributed by atoms with E-state index in [4.69, 9.17) is 4.74 Å². The van der Waals surface area contributed by atoms with E-state index in [1.165, 1.54) is 0 Å². The lowest BCUT2D eigenvalue weighted by Gasteiger charge is -2.28. The number of Topliss-reactive ketones (excluding diaryl/α,β-unsaturated/α-hetero) is 1. The van der Waals surface area contributed by atoms with Crippen LogP contribution in [0.5, 0.6) is 0 Å². The molecule has 1 heterocycles. The highest BCUT2D eigenvalue weighted by Gasteiger charge is 2.16. The fraction of sp³-hybridized carbons (Fsp3) is 0.385. The average molecular weight is 233 g/mol. The molecule has 0 N–H and O–H groups in total. The molecule has 0 aromatic heterocycles. The second kappa shape index (κ2) is 5.48. The van der Waals surface area contributed by atoms with Gasteiger partial charge in [-0.1, -0.05) is 12.1 Å². The molecule has 1 aliphatic rings. The summed E-state index contributed by atoms with van der Waals surface area (Å²) in [7, 11) is 0. The number of piperidine rings is 1. The molecule has 0 amide bonds. The van der Waals surface area contributed by atoms with E-state index in [1.54, 1.807) is 0 Å². The minimum atomic E-state index is 0.296. The van der Waals surface area contributed by atoms with Gasteiger partial charge in [-0.25, -0.2) is 0 Å². The van der Waals surface area contributed by atoms with Gasteiger partial charge in [0.2, 0.25) is 0 Å². The molecule has 1 fully saturated rings. The molecular formula is C13H15NO3. The summed E-state index contributed by atoms with van der Waals surface area (Å²) >= 11 is 0. The molecule has 1 saturated heterocycles. The van der Waals surface area contributed by atoms with Crippen molar-refractivity contribution in [1.29, 1.82) is 0 Å². The Balaban J connectivity index is 2.04. The topological polar surface area (TPSA) is 46.6 Å². The summed E-state index contributed by atoms with van der Waals surface area (Å²) in [6, 6.07) is 7.87. The minimum Gasteiger partial charge on any atom is -0.463 e. The van der Waals surface area contributed by atoms with Crippen LogP contribution in [0.3, 0.4) is 0 Å². The maximum absolute atomic E-state index is 11.2. The molecule has 0 aliphatic carbocycles. The highest BCUT2D eigenvalue weighted by Crippen LogP contribution is 2.20. The minimum absolute atomic E-state index is 0.296. The zero-order valence-electron chi connectivity index (χ0n) is 9.59. The number of ether oxygens (including phenoxy) is 1. The van der Waals surface area contributed by atoms with Gasteiger partial charge in [-0.05, 0) is 17.7 Å². The van der Waals surface area contributed by atoms with Crippen LogP contribution in [-0.4, -0.2) is 25.3 Å². The summed E-state index contributed by atoms with van der Waals surface area (Å²) in [5.41, 5.74) is 2.05. The summed E-state index contributed by atoms with van der Waals surface area (Å²) in [5.74, 6) is 0.335. The number of hydrogen-bond donors (Lipinski definition) is 0. The quantitative estimate of drug-likeness (QED) is 0.740. The zero-order chi connectivity index (χ0) is 12.1. The van der Waals surface area contributed by atoms with Crippen LogP contribution in [0.2, 0.25) is 0 Å². The van der Waals surface area contributed by atoms with Crippen molar-refractivity contribution in [3.63, 3.8) is 0 Å². The molecule has 1 aliphatic heterocycles. The highest BCUT2D eigenvalue weighted by molar-refractivity contribution is 5.81. The number of ketones is 1. The average Bonchev–Trinajstić information content (AvgIpc) is 2.37. The first kappa shape index (κ1) is 11.6. The van der Waals surface area contributed by atoms with E-state index in [0.717, 1.165) is 24.3 Å². The van der Waals surface area contributed by atoms with Gasteiger partial charge in [-0.15, -0.1) is 0 Å². The Bertz CT molecular complexity index is 407. The summed E-state index contributed by atoms with van der Waals surface area (Å²) in [5, 5.41) is 0. The molecule has 0 atom stereocenters. The molecule has 0 unspecified atom stereocenters. The Morgan fingerprint density at radius 1 is 1.29 bits per heavy atom. The van der Waals surface area contributed by atoms with E-state index in [2.05, 4.69) is 4.90 Å². The number of hydrogen-bond acceptors (Lipinski definition) is 4. The van der Waals surface area contributed by atoms with E-state index < -0.39 is 0 Å². The van der Waals surface area contributed by atoms with Gasteiger partial charge in [0.05, 0.1) is 0 Å². The van der Waals surface area contributed by atoms with Gasteiger partial charge in [-0.2, -0.15) is 0 Å². The molecule has 2 rings (SSSR count). The Morgan fingerprint density at radius 2 is 2.06 bits per heavy atom. The van der Waals surface area contributed by atoms with Crippen molar-refractivity contribution in [2.24, 2.45) is 0 Å². The maximum Gasteiger partial charge on any atom is 0.293 e. The fourth-order valence-corrected chi connectivity index (χ4v) is 1.99. The predicted molar refractivity (Wildman–Crippen MR) is 63.7 cm³/mol. The van der Waals surface area contributed by atoms with Crippen molar-refractivity contribution in [3.8, 4) is 0 Å². The smallest absolute Gasteiger partial charge is 0.293 e. The van der Waals surface area contributed by atoms with E-state index in [0.29, 0.717) is 31.7 Å². The summed E-state index contributed by atoms with van der Waals surface area (Å²) in [6.07, 6.45) is 1.24. The summed E-state index contributed by atoms with van der Waals surface area (Å²) in [4.78, 5) is 23.5. The first-order valence-electron chi connectivity index (χ1n) is 5.70. The van der Waals surface area contributed by atoms with Crippen LogP contribution in [0, 0.1) is 0 Å². The van der Waals surface area contributed by atoms with Crippen LogP contribution in [0.25, 0.3) is 0 Å². The molecule has 1 aromatic carbocycles. The first-order chi connectivity index (χ1) is 8.29. The molecular weight excluding hydrogens is 218 g/mol. The highest BCUT2D eigenvalue weighted by atomic mass is 16.5. The summed E-state index contributed by atoms with van der Waals surface area (Å²) < 4.78 is 4.73. The number of rotatable bonds is 4. The zero-order valence-corrected chi connectivity index (χ0v) is 9.59. The van der Waals surface area contributed by atoms with E-state index in [-0.39, 0.29) is 0 Å². The Labute approximate surface area is 100 Å². The van der Waals surface area contributed by atoms with Crippen molar-refractivity contribution < 1.29 is 14.3 Å². The van der Waals surface area contributed by atoms with Gasteiger partial charge in [0.1, 0.15) is 12.4 Å².